The zero-order valence-electron chi connectivity index (χ0n) is 18.3. The van der Waals surface area contributed by atoms with Crippen LogP contribution in [0.25, 0.3) is 10.9 Å². The molecule has 2 aromatic carbocycles. The van der Waals surface area contributed by atoms with Gasteiger partial charge in [0, 0.05) is 0 Å². The molecule has 4 nitrogen and oxygen atoms in total. The molecule has 6 rings (SSSR count). The van der Waals surface area contributed by atoms with Crippen LogP contribution in [0, 0.1) is 17.3 Å². The second kappa shape index (κ2) is 7.64. The van der Waals surface area contributed by atoms with Crippen molar-refractivity contribution in [2.75, 3.05) is 17.5 Å². The first-order chi connectivity index (χ1) is 15.7. The first kappa shape index (κ1) is 20.3. The Balaban J connectivity index is 1.54. The van der Waals surface area contributed by atoms with Crippen molar-refractivity contribution in [3.05, 3.63) is 71.4 Å². The van der Waals surface area contributed by atoms with Gasteiger partial charge in [0.05, 0.1) is 0 Å². The van der Waals surface area contributed by atoms with Crippen molar-refractivity contribution in [3.63, 3.8) is 0 Å². The molecular weight excluding hydrogens is 509 g/mol. The van der Waals surface area contributed by atoms with Gasteiger partial charge in [0.25, 0.3) is 0 Å². The van der Waals surface area contributed by atoms with Crippen LogP contribution in [-0.4, -0.2) is 36.4 Å². The summed E-state index contributed by atoms with van der Waals surface area (Å²) in [5, 5.41) is 1.32. The number of carbonyl (C=O) groups is 1. The quantitative estimate of drug-likeness (QED) is 0.232. The summed E-state index contributed by atoms with van der Waals surface area (Å²) in [6.07, 6.45) is 3.83. The molecule has 4 heterocycles. The van der Waals surface area contributed by atoms with Gasteiger partial charge in [0.2, 0.25) is 0 Å². The van der Waals surface area contributed by atoms with E-state index in [9.17, 15) is 4.79 Å². The van der Waals surface area contributed by atoms with Crippen LogP contribution in [0.2, 0.25) is 0 Å². The second-order valence-corrected chi connectivity index (χ2v) is 12.0. The molecule has 0 saturated carbocycles. The molecule has 1 amide bonds. The van der Waals surface area contributed by atoms with Gasteiger partial charge < -0.3 is 0 Å². The normalized spacial score (nSPS) is 27.2. The summed E-state index contributed by atoms with van der Waals surface area (Å²) in [5.74, 6) is 6.93. The fourth-order valence-corrected chi connectivity index (χ4v) is 10.2. The number of amides is 1. The fourth-order valence-electron chi connectivity index (χ4n) is 6.24. The second-order valence-electron chi connectivity index (χ2n) is 9.05. The van der Waals surface area contributed by atoms with Crippen LogP contribution in [0.15, 0.2) is 54.6 Å². The van der Waals surface area contributed by atoms with Crippen molar-refractivity contribution in [3.8, 4) is 11.8 Å². The van der Waals surface area contributed by atoms with Gasteiger partial charge in [-0.15, -0.1) is 0 Å². The number of hydrogen-bond acceptors (Lipinski definition) is 2. The van der Waals surface area contributed by atoms with E-state index < -0.39 is 0 Å². The van der Waals surface area contributed by atoms with Gasteiger partial charge in [0.1, 0.15) is 0 Å². The predicted octanol–water partition coefficient (Wildman–Crippen LogP) is 1.27. The Labute approximate surface area is 200 Å². The van der Waals surface area contributed by atoms with Gasteiger partial charge in [-0.25, -0.2) is 0 Å². The van der Waals surface area contributed by atoms with Gasteiger partial charge in [-0.05, 0) is 0 Å². The number of para-hydroxylation sites is 1. The van der Waals surface area contributed by atoms with E-state index in [2.05, 4.69) is 56.0 Å². The molecule has 0 aliphatic carbocycles. The number of aromatic amines is 1. The zero-order chi connectivity index (χ0) is 21.8. The van der Waals surface area contributed by atoms with Crippen LogP contribution in [0.4, 0.5) is 0 Å². The number of halogens is 1. The van der Waals surface area contributed by atoms with E-state index in [1.165, 1.54) is 26.6 Å². The molecule has 3 aromatic rings. The van der Waals surface area contributed by atoms with Gasteiger partial charge in [-0.2, -0.15) is 0 Å². The summed E-state index contributed by atoms with van der Waals surface area (Å²) < 4.78 is 3.98. The number of carbonyl (C=O) groups excluding carboxylic acids is 1. The number of nitrogens with zero attached hydrogens (tertiary/aromatic N) is 2. The summed E-state index contributed by atoms with van der Waals surface area (Å²) >= 11 is -0.120. The number of benzene rings is 2. The first-order valence-corrected chi connectivity index (χ1v) is 14.0. The topological polar surface area (TPSA) is 39.3 Å². The molecule has 3 aliphatic heterocycles. The molecule has 0 bridgehead atoms. The fraction of sp³-hybridized carbons (Fsp3) is 0.370. The Morgan fingerprint density at radius 1 is 1.12 bits per heavy atom. The van der Waals surface area contributed by atoms with Crippen molar-refractivity contribution >= 4 is 16.8 Å². The number of hydrogen-bond donors (Lipinski definition) is 1. The molecule has 1 N–H and O–H groups in total. The standard InChI is InChI=1S/C27H27IN3O/c1-2-26-15-16-28-31-18-14-22-21-12-6-7-13-23(21)29-25(22)27(26,31)30(24(32)19-26)17-8-11-20-9-4-3-5-10-20/h3-7,9-10,12-13,29H,2,14-19H2,1H3/q-1/t26-,27-/m0/s1. The molecule has 2 atom stereocenters. The van der Waals surface area contributed by atoms with Crippen molar-refractivity contribution in [2.24, 2.45) is 5.41 Å². The summed E-state index contributed by atoms with van der Waals surface area (Å²) in [4.78, 5) is 19.6. The summed E-state index contributed by atoms with van der Waals surface area (Å²) in [6.45, 7) is 3.80. The maximum absolute atomic E-state index is 13.7. The first-order valence-electron chi connectivity index (χ1n) is 11.5. The Bertz CT molecular complexity index is 1260. The molecule has 0 radical (unpaired) electrons. The summed E-state index contributed by atoms with van der Waals surface area (Å²) in [6, 6.07) is 18.7. The van der Waals surface area contributed by atoms with Gasteiger partial charge in [-0.3, -0.25) is 0 Å². The number of fused-ring (bicyclic) bond motifs is 3. The van der Waals surface area contributed by atoms with Crippen LogP contribution >= 0.6 is 0 Å². The van der Waals surface area contributed by atoms with E-state index >= 15 is 0 Å². The van der Waals surface area contributed by atoms with Crippen molar-refractivity contribution < 1.29 is 26.3 Å². The number of likely N-dealkylation sites (tertiary alicyclic amines) is 1. The number of H-pyrrole nitrogens is 1. The van der Waals surface area contributed by atoms with Crippen LogP contribution in [-0.2, 0) is 16.9 Å². The third-order valence-corrected chi connectivity index (χ3v) is 10.7. The molecule has 1 spiro atoms. The van der Waals surface area contributed by atoms with Crippen molar-refractivity contribution in [1.29, 1.82) is 0 Å². The molecule has 32 heavy (non-hydrogen) atoms. The molecule has 3 aliphatic rings. The minimum atomic E-state index is -0.373. The SMILES string of the molecule is CC[C@@]12CC[I-]N3CCc4c([nH]c5ccccc45)[C@]31N(CC#Cc1ccccc1)C(=O)C2. The van der Waals surface area contributed by atoms with Crippen LogP contribution in [0.3, 0.4) is 0 Å². The minimum absolute atomic E-state index is 0.0491. The van der Waals surface area contributed by atoms with Gasteiger partial charge in [0.15, 0.2) is 0 Å². The third-order valence-electron chi connectivity index (χ3n) is 7.71. The Morgan fingerprint density at radius 3 is 2.78 bits per heavy atom. The van der Waals surface area contributed by atoms with E-state index in [1.54, 1.807) is 0 Å². The molecule has 2 saturated heterocycles. The van der Waals surface area contributed by atoms with Crippen LogP contribution in [0.1, 0.15) is 43.0 Å². The van der Waals surface area contributed by atoms with Gasteiger partial charge in [-0.1, -0.05) is 0 Å². The predicted molar refractivity (Wildman–Crippen MR) is 122 cm³/mol. The van der Waals surface area contributed by atoms with Crippen molar-refractivity contribution in [2.45, 2.75) is 38.3 Å². The molecule has 164 valence electrons. The van der Waals surface area contributed by atoms with Crippen molar-refractivity contribution in [1.82, 2.24) is 13.0 Å². The zero-order valence-corrected chi connectivity index (χ0v) is 20.5. The van der Waals surface area contributed by atoms with Crippen LogP contribution < -0.4 is 21.5 Å². The van der Waals surface area contributed by atoms with E-state index in [4.69, 9.17) is 0 Å². The third kappa shape index (κ3) is 2.69. The van der Waals surface area contributed by atoms with E-state index in [1.807, 2.05) is 30.3 Å². The molecular formula is C27H27IN3O-. The van der Waals surface area contributed by atoms with Gasteiger partial charge >= 0.3 is 201 Å². The Kier molecular flexibility index (Phi) is 4.85. The summed E-state index contributed by atoms with van der Waals surface area (Å²) in [7, 11) is 0. The number of nitrogens with one attached hydrogen (secondary N) is 1. The molecule has 0 unspecified atom stereocenters. The average Bonchev–Trinajstić information content (AvgIpc) is 3.33. The summed E-state index contributed by atoms with van der Waals surface area (Å²) in [5.41, 5.74) is 4.46. The average molecular weight is 536 g/mol. The monoisotopic (exact) mass is 536 g/mol. The van der Waals surface area contributed by atoms with Crippen LogP contribution in [0.5, 0.6) is 0 Å². The van der Waals surface area contributed by atoms with E-state index in [0.29, 0.717) is 13.0 Å². The number of aromatic nitrogens is 1. The molecule has 2 fully saturated rings. The molecule has 5 heteroatoms. The Morgan fingerprint density at radius 2 is 1.94 bits per heavy atom. The number of rotatable bonds is 2. The molecule has 1 aromatic heterocycles. The maximum atomic E-state index is 13.7. The number of alkyl halides is 1. The van der Waals surface area contributed by atoms with E-state index in [-0.39, 0.29) is 38.5 Å². The van der Waals surface area contributed by atoms with E-state index in [0.717, 1.165) is 31.4 Å². The Hall–Kier alpha value is -2.30.